The number of rotatable bonds is 7. The average molecular weight is 374 g/mol. The topological polar surface area (TPSA) is 72.5 Å². The summed E-state index contributed by atoms with van der Waals surface area (Å²) in [4.78, 5) is 10.00. The third-order valence-corrected chi connectivity index (χ3v) is 4.62. The first-order valence-corrected chi connectivity index (χ1v) is 8.37. The maximum atomic E-state index is 12.9. The third kappa shape index (κ3) is 6.00. The molecule has 0 heterocycles. The van der Waals surface area contributed by atoms with Gasteiger partial charge in [0.05, 0.1) is 17.6 Å². The lowest BCUT2D eigenvalue weighted by Crippen LogP contribution is -2.27. The summed E-state index contributed by atoms with van der Waals surface area (Å²) >= 11 is 5.50. The number of ether oxygens (including phenoxy) is 1. The Balaban J connectivity index is 2.79. The molecule has 1 aromatic carbocycles. The smallest absolute Gasteiger partial charge is 0.417 e. The molecule has 0 atom stereocenters. The number of halogens is 4. The molecule has 130 valence electrons. The molecule has 1 N–H and O–H groups in total. The molecular weight excluding hydrogens is 359 g/mol. The molecule has 0 aromatic heterocycles. The van der Waals surface area contributed by atoms with Crippen molar-refractivity contribution in [1.29, 1.82) is 0 Å². The lowest BCUT2D eigenvalue weighted by molar-refractivity contribution is -0.141. The highest BCUT2D eigenvalue weighted by Crippen LogP contribution is 2.35. The fourth-order valence-corrected chi connectivity index (χ4v) is 3.19. The molecule has 0 radical (unpaired) electrons. The molecule has 0 bridgehead atoms. The van der Waals surface area contributed by atoms with Gasteiger partial charge in [-0.2, -0.15) is 13.2 Å². The van der Waals surface area contributed by atoms with E-state index in [1.54, 1.807) is 0 Å². The summed E-state index contributed by atoms with van der Waals surface area (Å²) in [6.45, 7) is -0.0980. The Labute approximate surface area is 136 Å². The van der Waals surface area contributed by atoms with Crippen LogP contribution in [-0.2, 0) is 25.7 Å². The summed E-state index contributed by atoms with van der Waals surface area (Å²) in [5.41, 5.74) is -1.33. The molecule has 1 rings (SSSR count). The monoisotopic (exact) mass is 373 g/mol. The van der Waals surface area contributed by atoms with Crippen LogP contribution < -0.4 is 4.72 Å². The van der Waals surface area contributed by atoms with E-state index in [4.69, 9.17) is 11.6 Å². The standard InChI is InChI=1S/C13H15ClF3NO4S/c1-22-12(19)4-2-3-7-18-23(20,21)11-6-5-9(14)8-10(11)13(15,16)17/h5-6,8,18H,2-4,7H2,1H3. The van der Waals surface area contributed by atoms with Crippen LogP contribution in [0.4, 0.5) is 13.2 Å². The molecule has 0 fully saturated rings. The van der Waals surface area contributed by atoms with Gasteiger partial charge in [0.1, 0.15) is 0 Å². The van der Waals surface area contributed by atoms with Crippen LogP contribution in [0.25, 0.3) is 0 Å². The van der Waals surface area contributed by atoms with Gasteiger partial charge in [-0.05, 0) is 31.0 Å². The lowest BCUT2D eigenvalue weighted by atomic mass is 10.2. The van der Waals surface area contributed by atoms with Gasteiger partial charge in [-0.3, -0.25) is 4.79 Å². The zero-order chi connectivity index (χ0) is 17.7. The molecule has 0 saturated carbocycles. The molecule has 0 unspecified atom stereocenters. The van der Waals surface area contributed by atoms with E-state index in [1.165, 1.54) is 7.11 Å². The molecule has 0 saturated heterocycles. The van der Waals surface area contributed by atoms with Crippen LogP contribution in [0.3, 0.4) is 0 Å². The van der Waals surface area contributed by atoms with Crippen LogP contribution in [-0.4, -0.2) is 28.0 Å². The quantitative estimate of drug-likeness (QED) is 0.589. The second-order valence-corrected chi connectivity index (χ2v) is 6.74. The predicted octanol–water partition coefficient (Wildman–Crippen LogP) is 2.98. The van der Waals surface area contributed by atoms with Gasteiger partial charge in [0.15, 0.2) is 0 Å². The minimum absolute atomic E-state index is 0.0980. The van der Waals surface area contributed by atoms with Crippen molar-refractivity contribution < 1.29 is 31.1 Å². The van der Waals surface area contributed by atoms with E-state index in [1.807, 2.05) is 0 Å². The number of benzene rings is 1. The molecule has 0 aliphatic carbocycles. The van der Waals surface area contributed by atoms with Crippen molar-refractivity contribution in [2.45, 2.75) is 30.3 Å². The van der Waals surface area contributed by atoms with Crippen molar-refractivity contribution in [3.63, 3.8) is 0 Å². The van der Waals surface area contributed by atoms with E-state index in [-0.39, 0.29) is 24.4 Å². The third-order valence-electron chi connectivity index (χ3n) is 2.86. The minimum atomic E-state index is -4.85. The fraction of sp³-hybridized carbons (Fsp3) is 0.462. The number of sulfonamides is 1. The van der Waals surface area contributed by atoms with Crippen molar-refractivity contribution in [2.75, 3.05) is 13.7 Å². The van der Waals surface area contributed by atoms with Crippen molar-refractivity contribution in [3.05, 3.63) is 28.8 Å². The van der Waals surface area contributed by atoms with Gasteiger partial charge in [0, 0.05) is 18.0 Å². The molecule has 0 aliphatic heterocycles. The van der Waals surface area contributed by atoms with Gasteiger partial charge in [0.25, 0.3) is 0 Å². The zero-order valence-electron chi connectivity index (χ0n) is 12.1. The Morgan fingerprint density at radius 2 is 1.96 bits per heavy atom. The van der Waals surface area contributed by atoms with Crippen molar-refractivity contribution >= 4 is 27.6 Å². The first kappa shape index (κ1) is 19.7. The number of alkyl halides is 3. The molecular formula is C13H15ClF3NO4S. The van der Waals surface area contributed by atoms with E-state index in [2.05, 4.69) is 9.46 Å². The Morgan fingerprint density at radius 1 is 1.30 bits per heavy atom. The summed E-state index contributed by atoms with van der Waals surface area (Å²) < 4.78 is 69.3. The highest BCUT2D eigenvalue weighted by Gasteiger charge is 2.37. The van der Waals surface area contributed by atoms with Gasteiger partial charge >= 0.3 is 12.1 Å². The molecule has 5 nitrogen and oxygen atoms in total. The summed E-state index contributed by atoms with van der Waals surface area (Å²) in [7, 11) is -3.12. The molecule has 1 aromatic rings. The summed E-state index contributed by atoms with van der Waals surface area (Å²) in [5.74, 6) is -0.440. The van der Waals surface area contributed by atoms with E-state index in [0.717, 1.165) is 12.1 Å². The van der Waals surface area contributed by atoms with Crippen LogP contribution >= 0.6 is 11.6 Å². The number of methoxy groups -OCH3 is 1. The first-order chi connectivity index (χ1) is 10.6. The molecule has 0 amide bonds. The first-order valence-electron chi connectivity index (χ1n) is 6.51. The Morgan fingerprint density at radius 3 is 2.52 bits per heavy atom. The number of carbonyl (C=O) groups excluding carboxylic acids is 1. The van der Waals surface area contributed by atoms with Gasteiger partial charge in [0.2, 0.25) is 10.0 Å². The summed E-state index contributed by atoms with van der Waals surface area (Å²) in [5, 5.41) is -0.214. The second-order valence-electron chi connectivity index (χ2n) is 4.57. The number of carbonyl (C=O) groups is 1. The highest BCUT2D eigenvalue weighted by atomic mass is 35.5. The van der Waals surface area contributed by atoms with Crippen LogP contribution in [0.2, 0.25) is 5.02 Å². The Kier molecular flexibility index (Phi) is 6.84. The maximum Gasteiger partial charge on any atom is 0.417 e. The normalized spacial score (nSPS) is 12.2. The predicted molar refractivity (Wildman–Crippen MR) is 77.5 cm³/mol. The summed E-state index contributed by atoms with van der Waals surface area (Å²) in [6, 6.07) is 2.44. The maximum absolute atomic E-state index is 12.9. The van der Waals surface area contributed by atoms with Gasteiger partial charge < -0.3 is 4.74 Å². The van der Waals surface area contributed by atoms with E-state index < -0.39 is 32.6 Å². The largest absolute Gasteiger partial charge is 0.469 e. The Hall–Kier alpha value is -1.32. The van der Waals surface area contributed by atoms with Crippen molar-refractivity contribution in [3.8, 4) is 0 Å². The summed E-state index contributed by atoms with van der Waals surface area (Å²) in [6.07, 6.45) is -4.11. The number of esters is 1. The van der Waals surface area contributed by atoms with Gasteiger partial charge in [-0.1, -0.05) is 11.6 Å². The van der Waals surface area contributed by atoms with E-state index in [0.29, 0.717) is 12.5 Å². The number of nitrogens with one attached hydrogen (secondary N) is 1. The van der Waals surface area contributed by atoms with Crippen molar-refractivity contribution in [2.24, 2.45) is 0 Å². The van der Waals surface area contributed by atoms with Crippen LogP contribution in [0.1, 0.15) is 24.8 Å². The van der Waals surface area contributed by atoms with E-state index >= 15 is 0 Å². The second kappa shape index (κ2) is 7.98. The number of unbranched alkanes of at least 4 members (excludes halogenated alkanes) is 1. The molecule has 0 spiro atoms. The Bertz CT molecular complexity index is 662. The zero-order valence-corrected chi connectivity index (χ0v) is 13.7. The molecule has 23 heavy (non-hydrogen) atoms. The van der Waals surface area contributed by atoms with Crippen LogP contribution in [0.5, 0.6) is 0 Å². The van der Waals surface area contributed by atoms with Crippen LogP contribution in [0.15, 0.2) is 23.1 Å². The fourth-order valence-electron chi connectivity index (χ4n) is 1.74. The lowest BCUT2D eigenvalue weighted by Gasteiger charge is -2.14. The number of hydrogen-bond donors (Lipinski definition) is 1. The average Bonchev–Trinajstić information content (AvgIpc) is 2.45. The van der Waals surface area contributed by atoms with E-state index in [9.17, 15) is 26.4 Å². The number of hydrogen-bond acceptors (Lipinski definition) is 4. The highest BCUT2D eigenvalue weighted by molar-refractivity contribution is 7.89. The SMILES string of the molecule is COC(=O)CCCCNS(=O)(=O)c1ccc(Cl)cc1C(F)(F)F. The van der Waals surface area contributed by atoms with Crippen LogP contribution in [0, 0.1) is 0 Å². The van der Waals surface area contributed by atoms with Gasteiger partial charge in [-0.15, -0.1) is 0 Å². The van der Waals surface area contributed by atoms with Crippen molar-refractivity contribution in [1.82, 2.24) is 4.72 Å². The molecule has 10 heteroatoms. The molecule has 0 aliphatic rings. The van der Waals surface area contributed by atoms with Gasteiger partial charge in [-0.25, -0.2) is 13.1 Å². The minimum Gasteiger partial charge on any atom is -0.469 e.